The van der Waals surface area contributed by atoms with E-state index in [9.17, 15) is 4.79 Å². The van der Waals surface area contributed by atoms with Crippen LogP contribution in [0.3, 0.4) is 0 Å². The molecule has 4 rings (SSSR count). The number of imidazole rings is 1. The van der Waals surface area contributed by atoms with Gasteiger partial charge in [-0.25, -0.2) is 4.98 Å². The first-order valence-corrected chi connectivity index (χ1v) is 8.56. The Labute approximate surface area is 155 Å². The number of hydrogen-bond acceptors (Lipinski definition) is 5. The lowest BCUT2D eigenvalue weighted by molar-refractivity contribution is 0.402. The number of nitrogens with one attached hydrogen (secondary N) is 2. The Morgan fingerprint density at radius 1 is 1.11 bits per heavy atom. The number of benzene rings is 2. The lowest BCUT2D eigenvalue weighted by Gasteiger charge is -2.15. The van der Waals surface area contributed by atoms with E-state index in [1.54, 1.807) is 6.20 Å². The number of rotatable bonds is 5. The molecule has 0 radical (unpaired) electrons. The Kier molecular flexibility index (Phi) is 4.33. The van der Waals surface area contributed by atoms with Gasteiger partial charge in [-0.15, -0.1) is 0 Å². The highest BCUT2D eigenvalue weighted by Gasteiger charge is 2.12. The molecule has 0 atom stereocenters. The molecule has 0 saturated carbocycles. The van der Waals surface area contributed by atoms with Gasteiger partial charge in [0.05, 0.1) is 31.1 Å². The lowest BCUT2D eigenvalue weighted by Crippen LogP contribution is -2.18. The fraction of sp³-hybridized carbons (Fsp3) is 0.150. The van der Waals surface area contributed by atoms with E-state index in [-0.39, 0.29) is 5.75 Å². The van der Waals surface area contributed by atoms with Crippen LogP contribution in [0.2, 0.25) is 0 Å². The van der Waals surface area contributed by atoms with Crippen molar-refractivity contribution in [1.82, 2.24) is 19.5 Å². The molecule has 2 aromatic heterocycles. The highest BCUT2D eigenvalue weighted by atomic mass is 16.5. The summed E-state index contributed by atoms with van der Waals surface area (Å²) < 4.78 is 7.02. The summed E-state index contributed by atoms with van der Waals surface area (Å²) in [5, 5.41) is 3.26. The minimum Gasteiger partial charge on any atom is -0.490 e. The van der Waals surface area contributed by atoms with Gasteiger partial charge in [-0.3, -0.25) is 4.79 Å². The summed E-state index contributed by atoms with van der Waals surface area (Å²) in [6.45, 7) is 2.45. The van der Waals surface area contributed by atoms with Crippen LogP contribution < -0.4 is 15.6 Å². The van der Waals surface area contributed by atoms with Gasteiger partial charge >= 0.3 is 5.56 Å². The molecule has 0 unspecified atom stereocenters. The molecule has 2 heterocycles. The lowest BCUT2D eigenvalue weighted by atomic mass is 10.2. The van der Waals surface area contributed by atoms with Crippen molar-refractivity contribution in [3.05, 3.63) is 76.5 Å². The van der Waals surface area contributed by atoms with E-state index >= 15 is 0 Å². The second kappa shape index (κ2) is 6.95. The van der Waals surface area contributed by atoms with Crippen molar-refractivity contribution in [2.45, 2.75) is 13.5 Å². The molecule has 0 bridgehead atoms. The van der Waals surface area contributed by atoms with Crippen molar-refractivity contribution in [2.24, 2.45) is 0 Å². The number of aromatic nitrogens is 4. The summed E-state index contributed by atoms with van der Waals surface area (Å²) >= 11 is 0. The number of fused-ring (bicyclic) bond motifs is 1. The monoisotopic (exact) mass is 361 g/mol. The molecular weight excluding hydrogens is 342 g/mol. The predicted octanol–water partition coefficient (Wildman–Crippen LogP) is 3.23. The molecular formula is C20H19N5O2. The maximum atomic E-state index is 12.2. The van der Waals surface area contributed by atoms with Crippen LogP contribution in [0.25, 0.3) is 11.0 Å². The van der Waals surface area contributed by atoms with E-state index in [4.69, 9.17) is 4.74 Å². The summed E-state index contributed by atoms with van der Waals surface area (Å²) in [5.74, 6) is 1.45. The van der Waals surface area contributed by atoms with E-state index in [1.807, 2.05) is 60.0 Å². The molecule has 7 heteroatoms. The van der Waals surface area contributed by atoms with Crippen molar-refractivity contribution in [1.29, 1.82) is 0 Å². The number of anilines is 2. The average Bonchev–Trinajstić information content (AvgIpc) is 3.06. The first kappa shape index (κ1) is 16.8. The quantitative estimate of drug-likeness (QED) is 0.570. The minimum absolute atomic E-state index is 0.199. The Morgan fingerprint density at radius 3 is 2.70 bits per heavy atom. The predicted molar refractivity (Wildman–Crippen MR) is 105 cm³/mol. The molecule has 136 valence electrons. The molecule has 2 aromatic carbocycles. The first-order valence-electron chi connectivity index (χ1n) is 8.56. The van der Waals surface area contributed by atoms with Crippen LogP contribution in [0.5, 0.6) is 5.75 Å². The molecule has 0 spiro atoms. The fourth-order valence-corrected chi connectivity index (χ4v) is 2.99. The second-order valence-corrected chi connectivity index (χ2v) is 6.20. The van der Waals surface area contributed by atoms with Gasteiger partial charge in [-0.05, 0) is 24.6 Å². The summed E-state index contributed by atoms with van der Waals surface area (Å²) in [7, 11) is 1.46. The van der Waals surface area contributed by atoms with Crippen molar-refractivity contribution in [2.75, 3.05) is 12.4 Å². The molecule has 0 fully saturated rings. The maximum Gasteiger partial charge on any atom is 0.316 e. The van der Waals surface area contributed by atoms with E-state index in [2.05, 4.69) is 20.3 Å². The number of methoxy groups -OCH3 is 1. The number of ether oxygens (including phenoxy) is 1. The van der Waals surface area contributed by atoms with E-state index < -0.39 is 5.56 Å². The fourth-order valence-electron chi connectivity index (χ4n) is 2.99. The molecule has 0 saturated heterocycles. The van der Waals surface area contributed by atoms with Crippen LogP contribution >= 0.6 is 0 Å². The Morgan fingerprint density at radius 2 is 1.93 bits per heavy atom. The Bertz CT molecular complexity index is 1150. The number of para-hydroxylation sites is 1. The first-order chi connectivity index (χ1) is 13.1. The average molecular weight is 361 g/mol. The van der Waals surface area contributed by atoms with Gasteiger partial charge in [0.25, 0.3) is 0 Å². The standard InChI is InChI=1S/C20H19N5O2/c1-13-21-15-9-6-10-16(18(15)22-13)23-20-24-19(26)17(27-2)12-25(20)11-14-7-4-3-5-8-14/h3-10,12H,11H2,1-2H3,(H,21,22)(H,23,24,26). The van der Waals surface area contributed by atoms with E-state index in [0.29, 0.717) is 12.5 Å². The van der Waals surface area contributed by atoms with Crippen LogP contribution in [0, 0.1) is 6.92 Å². The third kappa shape index (κ3) is 3.39. The smallest absolute Gasteiger partial charge is 0.316 e. The van der Waals surface area contributed by atoms with Crippen LogP contribution in [0.4, 0.5) is 11.6 Å². The zero-order valence-electron chi connectivity index (χ0n) is 15.1. The zero-order chi connectivity index (χ0) is 18.8. The molecule has 0 aliphatic rings. The van der Waals surface area contributed by atoms with Gasteiger partial charge in [0.15, 0.2) is 0 Å². The van der Waals surface area contributed by atoms with E-state index in [1.165, 1.54) is 7.11 Å². The highest BCUT2D eigenvalue weighted by molar-refractivity contribution is 5.89. The zero-order valence-corrected chi connectivity index (χ0v) is 15.1. The Hall–Kier alpha value is -3.61. The Balaban J connectivity index is 1.78. The SMILES string of the molecule is COc1cn(Cc2ccccc2)c(Nc2cccc3[nH]c(C)nc23)nc1=O. The summed E-state index contributed by atoms with van der Waals surface area (Å²) in [5.41, 5.74) is 3.15. The molecule has 0 amide bonds. The van der Waals surface area contributed by atoms with Gasteiger partial charge in [0.2, 0.25) is 11.7 Å². The van der Waals surface area contributed by atoms with Crippen molar-refractivity contribution >= 4 is 22.7 Å². The second-order valence-electron chi connectivity index (χ2n) is 6.20. The molecule has 27 heavy (non-hydrogen) atoms. The number of hydrogen-bond donors (Lipinski definition) is 2. The largest absolute Gasteiger partial charge is 0.490 e. The van der Waals surface area contributed by atoms with Crippen LogP contribution in [0.1, 0.15) is 11.4 Å². The summed E-state index contributed by atoms with van der Waals surface area (Å²) in [4.78, 5) is 24.1. The summed E-state index contributed by atoms with van der Waals surface area (Å²) in [6.07, 6.45) is 1.67. The highest BCUT2D eigenvalue weighted by Crippen LogP contribution is 2.24. The van der Waals surface area contributed by atoms with Gasteiger partial charge in [-0.1, -0.05) is 36.4 Å². The number of aromatic amines is 1. The van der Waals surface area contributed by atoms with Gasteiger partial charge in [0, 0.05) is 0 Å². The molecule has 0 aliphatic heterocycles. The number of nitrogens with zero attached hydrogens (tertiary/aromatic N) is 3. The normalized spacial score (nSPS) is 10.9. The maximum absolute atomic E-state index is 12.2. The third-order valence-electron chi connectivity index (χ3n) is 4.26. The van der Waals surface area contributed by atoms with E-state index in [0.717, 1.165) is 28.1 Å². The van der Waals surface area contributed by atoms with Crippen LogP contribution in [-0.2, 0) is 6.54 Å². The number of H-pyrrole nitrogens is 1. The van der Waals surface area contributed by atoms with Gasteiger partial charge in [0.1, 0.15) is 11.3 Å². The van der Waals surface area contributed by atoms with Crippen molar-refractivity contribution in [3.63, 3.8) is 0 Å². The van der Waals surface area contributed by atoms with Crippen LogP contribution in [0.15, 0.2) is 59.5 Å². The number of aryl methyl sites for hydroxylation is 1. The molecule has 0 aliphatic carbocycles. The van der Waals surface area contributed by atoms with Crippen LogP contribution in [-0.4, -0.2) is 26.6 Å². The van der Waals surface area contributed by atoms with Gasteiger partial charge < -0.3 is 19.6 Å². The van der Waals surface area contributed by atoms with Gasteiger partial charge in [-0.2, -0.15) is 4.98 Å². The van der Waals surface area contributed by atoms with Crippen molar-refractivity contribution in [3.8, 4) is 5.75 Å². The molecule has 4 aromatic rings. The molecule has 7 nitrogen and oxygen atoms in total. The van der Waals surface area contributed by atoms with Crippen molar-refractivity contribution < 1.29 is 4.74 Å². The summed E-state index contributed by atoms with van der Waals surface area (Å²) in [6, 6.07) is 15.7. The third-order valence-corrected chi connectivity index (χ3v) is 4.26. The molecule has 2 N–H and O–H groups in total. The minimum atomic E-state index is -0.422. The topological polar surface area (TPSA) is 84.8 Å².